The maximum atomic E-state index is 4.05. The number of hydrogen-bond acceptors (Lipinski definition) is 2. The molecule has 0 amide bonds. The first kappa shape index (κ1) is 13.4. The van der Waals surface area contributed by atoms with E-state index in [-0.39, 0.29) is 0 Å². The van der Waals surface area contributed by atoms with E-state index in [1.807, 2.05) is 25.3 Å². The fourth-order valence-electron chi connectivity index (χ4n) is 1.20. The van der Waals surface area contributed by atoms with Gasteiger partial charge in [-0.05, 0) is 43.7 Å². The fraction of sp³-hybridized carbons (Fsp3) is 0.133. The van der Waals surface area contributed by atoms with E-state index in [9.17, 15) is 0 Å². The Morgan fingerprint density at radius 1 is 1.24 bits per heavy atom. The average Bonchev–Trinajstić information content (AvgIpc) is 2.75. The minimum atomic E-state index is 1.14. The molecule has 88 valence electrons. The lowest BCUT2D eigenvalue weighted by atomic mass is 10.2. The van der Waals surface area contributed by atoms with E-state index in [1.54, 1.807) is 23.6 Å². The highest BCUT2D eigenvalue weighted by Crippen LogP contribution is 2.17. The van der Waals surface area contributed by atoms with Crippen LogP contribution in [0, 0.1) is 6.92 Å². The second-order valence-corrected chi connectivity index (χ2v) is 4.80. The normalized spacial score (nSPS) is 9.76. The van der Waals surface area contributed by atoms with Crippen molar-refractivity contribution < 1.29 is 0 Å². The number of allylic oxidation sites excluding steroid dienone is 1. The van der Waals surface area contributed by atoms with Crippen LogP contribution >= 0.6 is 11.3 Å². The van der Waals surface area contributed by atoms with Crippen LogP contribution in [0.25, 0.3) is 12.2 Å². The van der Waals surface area contributed by atoms with Crippen molar-refractivity contribution in [3.63, 3.8) is 0 Å². The van der Waals surface area contributed by atoms with E-state index in [2.05, 4.69) is 42.8 Å². The Morgan fingerprint density at radius 3 is 2.53 bits per heavy atom. The molecule has 0 saturated heterocycles. The Morgan fingerprint density at radius 2 is 2.00 bits per heavy atom. The highest BCUT2D eigenvalue weighted by Gasteiger charge is 1.90. The molecule has 1 nitrogen and oxygen atoms in total. The molecule has 0 saturated carbocycles. The predicted molar refractivity (Wildman–Crippen MR) is 78.1 cm³/mol. The minimum absolute atomic E-state index is 1.14. The number of hydrogen-bond donors (Lipinski definition) is 0. The Bertz CT molecular complexity index is 469. The number of rotatable bonds is 2. The van der Waals surface area contributed by atoms with Gasteiger partial charge in [-0.2, -0.15) is 0 Å². The summed E-state index contributed by atoms with van der Waals surface area (Å²) < 4.78 is 0. The van der Waals surface area contributed by atoms with Gasteiger partial charge in [0.25, 0.3) is 0 Å². The minimum Gasteiger partial charge on any atom is -0.264 e. The van der Waals surface area contributed by atoms with Crippen LogP contribution in [0.5, 0.6) is 0 Å². The van der Waals surface area contributed by atoms with Gasteiger partial charge in [0.15, 0.2) is 0 Å². The predicted octanol–water partition coefficient (Wildman–Crippen LogP) is 4.81. The van der Waals surface area contributed by atoms with Crippen LogP contribution in [0.15, 0.2) is 49.3 Å². The summed E-state index contributed by atoms with van der Waals surface area (Å²) in [6, 6.07) is 8.25. The number of aromatic nitrogens is 1. The van der Waals surface area contributed by atoms with Crippen molar-refractivity contribution >= 4 is 23.5 Å². The lowest BCUT2D eigenvalue weighted by Crippen LogP contribution is -1.72. The topological polar surface area (TPSA) is 12.9 Å². The van der Waals surface area contributed by atoms with E-state index in [4.69, 9.17) is 0 Å². The highest BCUT2D eigenvalue weighted by molar-refractivity contribution is 7.12. The zero-order valence-electron chi connectivity index (χ0n) is 10.3. The van der Waals surface area contributed by atoms with Gasteiger partial charge in [0.1, 0.15) is 0 Å². The van der Waals surface area contributed by atoms with Crippen LogP contribution in [0.4, 0.5) is 0 Å². The van der Waals surface area contributed by atoms with E-state index in [0.29, 0.717) is 0 Å². The molecule has 0 aromatic carbocycles. The van der Waals surface area contributed by atoms with Crippen molar-refractivity contribution in [1.82, 2.24) is 4.98 Å². The van der Waals surface area contributed by atoms with Crippen LogP contribution in [0.2, 0.25) is 0 Å². The van der Waals surface area contributed by atoms with E-state index in [0.717, 1.165) is 5.56 Å². The molecule has 0 aliphatic carbocycles. The van der Waals surface area contributed by atoms with Crippen molar-refractivity contribution in [3.8, 4) is 0 Å². The summed E-state index contributed by atoms with van der Waals surface area (Å²) in [5.41, 5.74) is 1.14. The third-order valence-corrected chi connectivity index (χ3v) is 2.85. The molecular formula is C15H17NS. The maximum Gasteiger partial charge on any atom is 0.0340 e. The Kier molecular flexibility index (Phi) is 5.97. The number of thiophene rings is 1. The first-order valence-corrected chi connectivity index (χ1v) is 6.29. The van der Waals surface area contributed by atoms with Gasteiger partial charge in [-0.25, -0.2) is 0 Å². The van der Waals surface area contributed by atoms with Gasteiger partial charge in [-0.1, -0.05) is 18.2 Å². The quantitative estimate of drug-likeness (QED) is 0.689. The summed E-state index contributed by atoms with van der Waals surface area (Å²) in [4.78, 5) is 6.68. The van der Waals surface area contributed by atoms with Crippen LogP contribution in [0.3, 0.4) is 0 Å². The Hall–Kier alpha value is -1.67. The average molecular weight is 243 g/mol. The molecule has 2 heteroatoms. The zero-order chi connectivity index (χ0) is 12.5. The van der Waals surface area contributed by atoms with Crippen molar-refractivity contribution in [2.45, 2.75) is 13.8 Å². The molecule has 0 fully saturated rings. The van der Waals surface area contributed by atoms with Crippen LogP contribution < -0.4 is 0 Å². The van der Waals surface area contributed by atoms with Gasteiger partial charge >= 0.3 is 0 Å². The fourth-order valence-corrected chi connectivity index (χ4v) is 1.98. The molecule has 0 unspecified atom stereocenters. The molecule has 0 aliphatic rings. The Labute approximate surface area is 107 Å². The molecule has 0 N–H and O–H groups in total. The van der Waals surface area contributed by atoms with Crippen LogP contribution in [0.1, 0.15) is 22.2 Å². The van der Waals surface area contributed by atoms with Crippen LogP contribution in [-0.4, -0.2) is 4.98 Å². The first-order chi connectivity index (χ1) is 8.26. The summed E-state index contributed by atoms with van der Waals surface area (Å²) >= 11 is 1.80. The maximum absolute atomic E-state index is 4.05. The van der Waals surface area contributed by atoms with Gasteiger partial charge in [0, 0.05) is 22.1 Å². The molecule has 0 radical (unpaired) electrons. The van der Waals surface area contributed by atoms with Gasteiger partial charge in [0.05, 0.1) is 0 Å². The smallest absolute Gasteiger partial charge is 0.0340 e. The van der Waals surface area contributed by atoms with Crippen molar-refractivity contribution in [2.75, 3.05) is 0 Å². The monoisotopic (exact) mass is 243 g/mol. The number of pyridine rings is 1. The Balaban J connectivity index is 0.000000437. The number of aryl methyl sites for hydroxylation is 1. The summed E-state index contributed by atoms with van der Waals surface area (Å²) in [5.74, 6) is 0. The van der Waals surface area contributed by atoms with Gasteiger partial charge in [-0.3, -0.25) is 4.98 Å². The standard InChI is InChI=1S/C12H11NS.C3H6/c1-10-4-6-12(14-10)7-5-11-3-2-8-13-9-11;1-3-2/h2-9H,1H3;3H,1H2,2H3/b7-5+;. The number of nitrogens with zero attached hydrogens (tertiary/aromatic N) is 1. The molecule has 2 rings (SSSR count). The van der Waals surface area contributed by atoms with E-state index in [1.165, 1.54) is 9.75 Å². The summed E-state index contributed by atoms with van der Waals surface area (Å²) in [6.07, 6.45) is 9.59. The molecular weight excluding hydrogens is 226 g/mol. The van der Waals surface area contributed by atoms with E-state index >= 15 is 0 Å². The molecule has 2 aromatic rings. The highest BCUT2D eigenvalue weighted by atomic mass is 32.1. The second-order valence-electron chi connectivity index (χ2n) is 3.48. The zero-order valence-corrected chi connectivity index (χ0v) is 11.1. The lowest BCUT2D eigenvalue weighted by molar-refractivity contribution is 1.32. The van der Waals surface area contributed by atoms with Gasteiger partial charge in [-0.15, -0.1) is 17.9 Å². The molecule has 0 spiro atoms. The van der Waals surface area contributed by atoms with E-state index < -0.39 is 0 Å². The molecule has 17 heavy (non-hydrogen) atoms. The molecule has 0 atom stereocenters. The second kappa shape index (κ2) is 7.58. The molecule has 2 aromatic heterocycles. The third-order valence-electron chi connectivity index (χ3n) is 1.89. The van der Waals surface area contributed by atoms with Crippen molar-refractivity contribution in [1.29, 1.82) is 0 Å². The summed E-state index contributed by atoms with van der Waals surface area (Å²) in [6.45, 7) is 7.37. The van der Waals surface area contributed by atoms with Gasteiger partial charge < -0.3 is 0 Å². The summed E-state index contributed by atoms with van der Waals surface area (Å²) in [7, 11) is 0. The lowest BCUT2D eigenvalue weighted by Gasteiger charge is -1.89. The van der Waals surface area contributed by atoms with Crippen molar-refractivity contribution in [3.05, 3.63) is 64.6 Å². The van der Waals surface area contributed by atoms with Crippen LogP contribution in [-0.2, 0) is 0 Å². The van der Waals surface area contributed by atoms with Gasteiger partial charge in [0.2, 0.25) is 0 Å². The molecule has 0 bridgehead atoms. The SMILES string of the molecule is C=CC.Cc1ccc(/C=C/c2cccnc2)s1. The largest absolute Gasteiger partial charge is 0.264 e. The third kappa shape index (κ3) is 5.27. The molecule has 2 heterocycles. The molecule has 0 aliphatic heterocycles. The van der Waals surface area contributed by atoms with Crippen molar-refractivity contribution in [2.24, 2.45) is 0 Å². The summed E-state index contributed by atoms with van der Waals surface area (Å²) in [5, 5.41) is 0. The first-order valence-electron chi connectivity index (χ1n) is 5.48.